The van der Waals surface area contributed by atoms with Gasteiger partial charge in [0.1, 0.15) is 11.3 Å². The van der Waals surface area contributed by atoms with E-state index in [2.05, 4.69) is 4.98 Å². The fourth-order valence-corrected chi connectivity index (χ4v) is 1.94. The highest BCUT2D eigenvalue weighted by Crippen LogP contribution is 2.21. The smallest absolute Gasteiger partial charge is 0.410 e. The number of carbonyl (C=O) groups excluding carboxylic acids is 1. The Morgan fingerprint density at radius 3 is 2.67 bits per heavy atom. The van der Waals surface area contributed by atoms with E-state index in [1.165, 1.54) is 6.07 Å². The van der Waals surface area contributed by atoms with Crippen LogP contribution in [0.1, 0.15) is 37.0 Å². The zero-order valence-electron chi connectivity index (χ0n) is 12.3. The number of ether oxygens (including phenoxy) is 1. The molecule has 0 fully saturated rings. The van der Waals surface area contributed by atoms with E-state index < -0.39 is 11.6 Å². The zero-order valence-corrected chi connectivity index (χ0v) is 12.3. The van der Waals surface area contributed by atoms with Gasteiger partial charge in [0.15, 0.2) is 0 Å². The number of carboxylic acids is 1. The molecule has 1 N–H and O–H groups in total. The number of carbonyl (C=O) groups is 2. The van der Waals surface area contributed by atoms with Gasteiger partial charge in [0, 0.05) is 6.54 Å². The summed E-state index contributed by atoms with van der Waals surface area (Å²) in [5.74, 6) is -1.07. The van der Waals surface area contributed by atoms with Gasteiger partial charge in [-0.25, -0.2) is 14.6 Å². The summed E-state index contributed by atoms with van der Waals surface area (Å²) >= 11 is 0. The average Bonchev–Trinajstić information content (AvgIpc) is 2.86. The highest BCUT2D eigenvalue weighted by Gasteiger charge is 2.26. The Hall–Kier alpha value is -2.37. The van der Waals surface area contributed by atoms with Gasteiger partial charge in [0.05, 0.1) is 12.2 Å². The van der Waals surface area contributed by atoms with Gasteiger partial charge in [0.2, 0.25) is 0 Å². The van der Waals surface area contributed by atoms with Crippen LogP contribution in [0.5, 0.6) is 0 Å². The van der Waals surface area contributed by atoms with Crippen molar-refractivity contribution in [2.24, 2.45) is 0 Å². The van der Waals surface area contributed by atoms with Crippen molar-refractivity contribution in [2.75, 3.05) is 13.1 Å². The first-order valence-electron chi connectivity index (χ1n) is 6.64. The van der Waals surface area contributed by atoms with E-state index in [1.807, 2.05) is 26.8 Å². The van der Waals surface area contributed by atoms with Gasteiger partial charge in [-0.1, -0.05) is 12.1 Å². The van der Waals surface area contributed by atoms with E-state index in [4.69, 9.17) is 9.84 Å². The van der Waals surface area contributed by atoms with Crippen LogP contribution < -0.4 is 0 Å². The molecule has 0 aromatic carbocycles. The number of nitrogens with zero attached hydrogens (tertiary/aromatic N) is 2. The Morgan fingerprint density at radius 2 is 2.05 bits per heavy atom. The maximum absolute atomic E-state index is 12.0. The van der Waals surface area contributed by atoms with E-state index in [0.29, 0.717) is 18.8 Å². The van der Waals surface area contributed by atoms with Gasteiger partial charge < -0.3 is 14.7 Å². The minimum Gasteiger partial charge on any atom is -0.477 e. The van der Waals surface area contributed by atoms with Crippen molar-refractivity contribution in [2.45, 2.75) is 26.4 Å². The Labute approximate surface area is 123 Å². The van der Waals surface area contributed by atoms with Crippen molar-refractivity contribution >= 4 is 17.6 Å². The lowest BCUT2D eigenvalue weighted by Gasteiger charge is -2.24. The zero-order chi connectivity index (χ0) is 15.6. The Kier molecular flexibility index (Phi) is 3.97. The monoisotopic (exact) mass is 290 g/mol. The summed E-state index contributed by atoms with van der Waals surface area (Å²) in [4.78, 5) is 28.5. The van der Waals surface area contributed by atoms with Gasteiger partial charge in [-0.15, -0.1) is 0 Å². The molecule has 2 rings (SSSR count). The van der Waals surface area contributed by atoms with Crippen molar-refractivity contribution in [1.29, 1.82) is 0 Å². The van der Waals surface area contributed by atoms with Crippen LogP contribution in [0.4, 0.5) is 4.79 Å². The van der Waals surface area contributed by atoms with Crippen LogP contribution in [-0.2, 0) is 4.74 Å². The molecule has 21 heavy (non-hydrogen) atoms. The first-order chi connectivity index (χ1) is 9.76. The standard InChI is InChI=1S/C15H18N2O4/c1-15(2,3)21-14(20)17-8-7-10(9-17)11-5-4-6-12(16-11)13(18)19/h4-7H,8-9H2,1-3H3,(H,18,19). The Morgan fingerprint density at radius 1 is 1.33 bits per heavy atom. The van der Waals surface area contributed by atoms with Gasteiger partial charge in [-0.2, -0.15) is 0 Å². The fourth-order valence-electron chi connectivity index (χ4n) is 1.94. The lowest BCUT2D eigenvalue weighted by molar-refractivity contribution is 0.0306. The van der Waals surface area contributed by atoms with Crippen molar-refractivity contribution < 1.29 is 19.4 Å². The molecule has 1 aliphatic heterocycles. The molecule has 1 aromatic heterocycles. The number of pyridine rings is 1. The number of hydrogen-bond donors (Lipinski definition) is 1. The highest BCUT2D eigenvalue weighted by atomic mass is 16.6. The average molecular weight is 290 g/mol. The first kappa shape index (κ1) is 15.0. The quantitative estimate of drug-likeness (QED) is 0.904. The van der Waals surface area contributed by atoms with Crippen molar-refractivity contribution in [3.05, 3.63) is 35.7 Å². The molecule has 0 radical (unpaired) electrons. The van der Waals surface area contributed by atoms with Crippen LogP contribution in [0.3, 0.4) is 0 Å². The second-order valence-electron chi connectivity index (χ2n) is 5.80. The van der Waals surface area contributed by atoms with E-state index in [1.54, 1.807) is 17.0 Å². The molecule has 0 atom stereocenters. The molecule has 0 bridgehead atoms. The van der Waals surface area contributed by atoms with Gasteiger partial charge in [-0.3, -0.25) is 0 Å². The van der Waals surface area contributed by atoms with Crippen LogP contribution in [0.25, 0.3) is 5.57 Å². The van der Waals surface area contributed by atoms with Crippen LogP contribution in [0, 0.1) is 0 Å². The number of aromatic carboxylic acids is 1. The molecule has 0 saturated heterocycles. The minimum absolute atomic E-state index is 0.0101. The predicted molar refractivity (Wildman–Crippen MR) is 77.0 cm³/mol. The van der Waals surface area contributed by atoms with E-state index in [9.17, 15) is 9.59 Å². The van der Waals surface area contributed by atoms with E-state index in [-0.39, 0.29) is 11.8 Å². The second-order valence-corrected chi connectivity index (χ2v) is 5.80. The third kappa shape index (κ3) is 3.81. The molecular weight excluding hydrogens is 272 g/mol. The van der Waals surface area contributed by atoms with E-state index >= 15 is 0 Å². The van der Waals surface area contributed by atoms with Crippen LogP contribution in [-0.4, -0.2) is 45.7 Å². The van der Waals surface area contributed by atoms with Gasteiger partial charge >= 0.3 is 12.1 Å². The molecule has 0 spiro atoms. The summed E-state index contributed by atoms with van der Waals surface area (Å²) in [6, 6.07) is 4.81. The molecule has 1 amide bonds. The van der Waals surface area contributed by atoms with Crippen molar-refractivity contribution in [3.63, 3.8) is 0 Å². The summed E-state index contributed by atoms with van der Waals surface area (Å²) in [5.41, 5.74) is 0.843. The van der Waals surface area contributed by atoms with Crippen molar-refractivity contribution in [3.8, 4) is 0 Å². The predicted octanol–water partition coefficient (Wildman–Crippen LogP) is 2.41. The summed E-state index contributed by atoms with van der Waals surface area (Å²) in [7, 11) is 0. The van der Waals surface area contributed by atoms with E-state index in [0.717, 1.165) is 5.57 Å². The van der Waals surface area contributed by atoms with Crippen LogP contribution in [0.2, 0.25) is 0 Å². The molecule has 6 heteroatoms. The second kappa shape index (κ2) is 5.55. The summed E-state index contributed by atoms with van der Waals surface area (Å²) in [6.45, 7) is 6.24. The lowest BCUT2D eigenvalue weighted by atomic mass is 10.1. The molecule has 0 saturated carbocycles. The molecular formula is C15H18N2O4. The summed E-state index contributed by atoms with van der Waals surface area (Å²) in [5, 5.41) is 8.95. The topological polar surface area (TPSA) is 79.7 Å². The number of carboxylic acid groups (broad SMARTS) is 1. The summed E-state index contributed by atoms with van der Waals surface area (Å²) < 4.78 is 5.31. The molecule has 112 valence electrons. The Balaban J connectivity index is 2.07. The number of hydrogen-bond acceptors (Lipinski definition) is 4. The minimum atomic E-state index is -1.07. The third-order valence-corrected chi connectivity index (χ3v) is 2.87. The molecule has 0 aliphatic carbocycles. The molecule has 6 nitrogen and oxygen atoms in total. The SMILES string of the molecule is CC(C)(C)OC(=O)N1CC=C(c2cccc(C(=O)O)n2)C1. The van der Waals surface area contributed by atoms with Gasteiger partial charge in [0.25, 0.3) is 0 Å². The largest absolute Gasteiger partial charge is 0.477 e. The Bertz CT molecular complexity index is 602. The highest BCUT2D eigenvalue weighted by molar-refractivity contribution is 5.86. The van der Waals surface area contributed by atoms with Crippen LogP contribution in [0.15, 0.2) is 24.3 Å². The lowest BCUT2D eigenvalue weighted by Crippen LogP contribution is -2.35. The number of aromatic nitrogens is 1. The maximum Gasteiger partial charge on any atom is 0.410 e. The molecule has 1 aliphatic rings. The number of rotatable bonds is 2. The molecule has 0 unspecified atom stereocenters. The molecule has 2 heterocycles. The molecule has 1 aromatic rings. The summed E-state index contributed by atoms with van der Waals surface area (Å²) in [6.07, 6.45) is 1.47. The normalized spacial score (nSPS) is 14.8. The first-order valence-corrected chi connectivity index (χ1v) is 6.64. The maximum atomic E-state index is 12.0. The van der Waals surface area contributed by atoms with Crippen molar-refractivity contribution in [1.82, 2.24) is 9.88 Å². The van der Waals surface area contributed by atoms with Gasteiger partial charge in [-0.05, 0) is 38.5 Å². The van der Waals surface area contributed by atoms with Crippen LogP contribution >= 0.6 is 0 Å². The fraction of sp³-hybridized carbons (Fsp3) is 0.400. The third-order valence-electron chi connectivity index (χ3n) is 2.87. The number of amides is 1.